The molecule has 1 rings (SSSR count). The topological polar surface area (TPSA) is 0 Å². The number of hydrogen-bond donors (Lipinski definition) is 0. The Morgan fingerprint density at radius 1 is 1.57 bits per heavy atom. The van der Waals surface area contributed by atoms with Crippen molar-refractivity contribution in [3.05, 3.63) is 0 Å². The summed E-state index contributed by atoms with van der Waals surface area (Å²) in [4.78, 5) is 0. The zero-order valence-electron chi connectivity index (χ0n) is 4.25. The molecule has 0 spiro atoms. The molecule has 42 valence electrons. The molecule has 1 fully saturated rings. The average Bonchev–Trinajstić information content (AvgIpc) is 1.27. The maximum atomic E-state index is 12.2. The summed E-state index contributed by atoms with van der Waals surface area (Å²) in [7, 11) is 0. The van der Waals surface area contributed by atoms with Crippen LogP contribution in [0.1, 0.15) is 19.8 Å². The lowest BCUT2D eigenvalue weighted by Gasteiger charge is -2.32. The highest BCUT2D eigenvalue weighted by molar-refractivity contribution is 4.90. The molecular formula is C5H8F2. The van der Waals surface area contributed by atoms with E-state index in [1.54, 1.807) is 0 Å². The van der Waals surface area contributed by atoms with E-state index >= 15 is 0 Å². The Kier molecular flexibility index (Phi) is 0.839. The van der Waals surface area contributed by atoms with Crippen molar-refractivity contribution < 1.29 is 8.78 Å². The summed E-state index contributed by atoms with van der Waals surface area (Å²) >= 11 is 0. The summed E-state index contributed by atoms with van der Waals surface area (Å²) in [6.07, 6.45) is -0.657. The second-order valence-electron chi connectivity index (χ2n) is 2.42. The Balaban J connectivity index is 2.29. The molecule has 1 aliphatic rings. The van der Waals surface area contributed by atoms with Gasteiger partial charge in [-0.1, -0.05) is 0 Å². The highest BCUT2D eigenvalue weighted by Gasteiger charge is 2.40. The molecule has 0 N–H and O–H groups in total. The number of halogens is 2. The summed E-state index contributed by atoms with van der Waals surface area (Å²) in [6.45, 7) is 1.43. The van der Waals surface area contributed by atoms with Crippen LogP contribution in [0.25, 0.3) is 0 Å². The van der Waals surface area contributed by atoms with Crippen LogP contribution < -0.4 is 0 Å². The largest absolute Gasteiger partial charge is 0.247 e. The molecule has 0 nitrogen and oxygen atoms in total. The lowest BCUT2D eigenvalue weighted by atomic mass is 9.82. The van der Waals surface area contributed by atoms with Gasteiger partial charge in [0.1, 0.15) is 11.8 Å². The van der Waals surface area contributed by atoms with Crippen LogP contribution in [0.2, 0.25) is 0 Å². The van der Waals surface area contributed by atoms with E-state index in [4.69, 9.17) is 0 Å². The van der Waals surface area contributed by atoms with Gasteiger partial charge in [-0.3, -0.25) is 0 Å². The van der Waals surface area contributed by atoms with Crippen molar-refractivity contribution in [2.75, 3.05) is 0 Å². The maximum absolute atomic E-state index is 12.2. The SMILES string of the molecule is CC1(F)CC(F)C1. The van der Waals surface area contributed by atoms with E-state index in [-0.39, 0.29) is 12.8 Å². The Morgan fingerprint density at radius 2 is 2.00 bits per heavy atom. The predicted octanol–water partition coefficient (Wildman–Crippen LogP) is 1.85. The molecule has 0 saturated heterocycles. The number of rotatable bonds is 0. The normalized spacial score (nSPS) is 51.0. The van der Waals surface area contributed by atoms with Crippen LogP contribution >= 0.6 is 0 Å². The van der Waals surface area contributed by atoms with E-state index in [2.05, 4.69) is 0 Å². The molecule has 0 heterocycles. The first-order valence-corrected chi connectivity index (χ1v) is 2.43. The van der Waals surface area contributed by atoms with Gasteiger partial charge in [-0.05, 0) is 6.92 Å². The third kappa shape index (κ3) is 0.898. The summed E-state index contributed by atoms with van der Waals surface area (Å²) in [5.41, 5.74) is -1.18. The van der Waals surface area contributed by atoms with Gasteiger partial charge in [0.25, 0.3) is 0 Å². The van der Waals surface area contributed by atoms with Crippen molar-refractivity contribution in [3.8, 4) is 0 Å². The van der Waals surface area contributed by atoms with Crippen LogP contribution in [0.3, 0.4) is 0 Å². The van der Waals surface area contributed by atoms with Crippen molar-refractivity contribution in [2.45, 2.75) is 31.6 Å². The highest BCUT2D eigenvalue weighted by Crippen LogP contribution is 2.37. The molecule has 0 amide bonds. The average molecular weight is 106 g/mol. The molecule has 0 unspecified atom stereocenters. The van der Waals surface area contributed by atoms with E-state index in [0.717, 1.165) is 0 Å². The monoisotopic (exact) mass is 106 g/mol. The summed E-state index contributed by atoms with van der Waals surface area (Å²) in [5.74, 6) is 0. The van der Waals surface area contributed by atoms with E-state index in [1.165, 1.54) is 6.92 Å². The summed E-state index contributed by atoms with van der Waals surface area (Å²) in [5, 5.41) is 0. The standard InChI is InChI=1S/C5H8F2/c1-5(7)2-4(6)3-5/h4H,2-3H2,1H3. The minimum absolute atomic E-state index is 0.104. The van der Waals surface area contributed by atoms with Gasteiger partial charge in [0.05, 0.1) is 0 Å². The first kappa shape index (κ1) is 5.01. The molecule has 0 aromatic carbocycles. The van der Waals surface area contributed by atoms with Gasteiger partial charge in [0, 0.05) is 12.8 Å². The number of hydrogen-bond acceptors (Lipinski definition) is 0. The van der Waals surface area contributed by atoms with E-state index in [1.807, 2.05) is 0 Å². The fraction of sp³-hybridized carbons (Fsp3) is 1.00. The molecule has 0 aliphatic heterocycles. The van der Waals surface area contributed by atoms with Crippen molar-refractivity contribution in [3.63, 3.8) is 0 Å². The van der Waals surface area contributed by atoms with Gasteiger partial charge in [-0.25, -0.2) is 8.78 Å². The third-order valence-corrected chi connectivity index (χ3v) is 1.29. The van der Waals surface area contributed by atoms with Gasteiger partial charge in [0.2, 0.25) is 0 Å². The lowest BCUT2D eigenvalue weighted by molar-refractivity contribution is 0.00418. The summed E-state index contributed by atoms with van der Waals surface area (Å²) < 4.78 is 24.0. The molecule has 1 aliphatic carbocycles. The van der Waals surface area contributed by atoms with E-state index in [0.29, 0.717) is 0 Å². The smallest absolute Gasteiger partial charge is 0.113 e. The molecule has 2 heteroatoms. The van der Waals surface area contributed by atoms with Crippen molar-refractivity contribution in [2.24, 2.45) is 0 Å². The van der Waals surface area contributed by atoms with Crippen LogP contribution in [-0.2, 0) is 0 Å². The zero-order chi connectivity index (χ0) is 5.49. The molecule has 7 heavy (non-hydrogen) atoms. The van der Waals surface area contributed by atoms with Crippen LogP contribution in [0.4, 0.5) is 8.78 Å². The van der Waals surface area contributed by atoms with Gasteiger partial charge >= 0.3 is 0 Å². The molecule has 1 saturated carbocycles. The predicted molar refractivity (Wildman–Crippen MR) is 23.6 cm³/mol. The molecule has 0 radical (unpaired) electrons. The lowest BCUT2D eigenvalue weighted by Crippen LogP contribution is -2.37. The Bertz CT molecular complexity index is 70.1. The second-order valence-corrected chi connectivity index (χ2v) is 2.42. The molecule has 0 aromatic heterocycles. The maximum Gasteiger partial charge on any atom is 0.113 e. The fourth-order valence-corrected chi connectivity index (χ4v) is 0.864. The van der Waals surface area contributed by atoms with Gasteiger partial charge < -0.3 is 0 Å². The number of alkyl halides is 2. The van der Waals surface area contributed by atoms with Gasteiger partial charge in [-0.2, -0.15) is 0 Å². The van der Waals surface area contributed by atoms with E-state index in [9.17, 15) is 8.78 Å². The van der Waals surface area contributed by atoms with Crippen LogP contribution in [0.5, 0.6) is 0 Å². The Labute approximate surface area is 41.5 Å². The van der Waals surface area contributed by atoms with Crippen LogP contribution in [0, 0.1) is 0 Å². The van der Waals surface area contributed by atoms with E-state index < -0.39 is 11.8 Å². The molecular weight excluding hydrogens is 98.1 g/mol. The van der Waals surface area contributed by atoms with Crippen LogP contribution in [0.15, 0.2) is 0 Å². The third-order valence-electron chi connectivity index (χ3n) is 1.29. The molecule has 0 atom stereocenters. The van der Waals surface area contributed by atoms with Gasteiger partial charge in [0.15, 0.2) is 0 Å². The second kappa shape index (κ2) is 1.17. The van der Waals surface area contributed by atoms with Crippen molar-refractivity contribution in [1.29, 1.82) is 0 Å². The highest BCUT2D eigenvalue weighted by atomic mass is 19.2. The molecule has 0 bridgehead atoms. The zero-order valence-corrected chi connectivity index (χ0v) is 4.25. The minimum Gasteiger partial charge on any atom is -0.247 e. The van der Waals surface area contributed by atoms with Gasteiger partial charge in [-0.15, -0.1) is 0 Å². The molecule has 0 aromatic rings. The minimum atomic E-state index is -1.18. The Morgan fingerprint density at radius 3 is 2.00 bits per heavy atom. The fourth-order valence-electron chi connectivity index (χ4n) is 0.864. The Hall–Kier alpha value is -0.140. The quantitative estimate of drug-likeness (QED) is 0.442. The van der Waals surface area contributed by atoms with Crippen molar-refractivity contribution >= 4 is 0 Å². The first-order chi connectivity index (χ1) is 3.10. The summed E-state index contributed by atoms with van der Waals surface area (Å²) in [6, 6.07) is 0. The van der Waals surface area contributed by atoms with Crippen LogP contribution in [-0.4, -0.2) is 11.8 Å². The first-order valence-electron chi connectivity index (χ1n) is 2.43. The van der Waals surface area contributed by atoms with Crippen molar-refractivity contribution in [1.82, 2.24) is 0 Å².